The summed E-state index contributed by atoms with van der Waals surface area (Å²) < 4.78 is 14.5. The first-order chi connectivity index (χ1) is 14.2. The van der Waals surface area contributed by atoms with Gasteiger partial charge in [0.05, 0.1) is 6.42 Å². The molecule has 0 aliphatic heterocycles. The maximum Gasteiger partial charge on any atom is 0.234 e. The number of aryl methyl sites for hydroxylation is 1. The van der Waals surface area contributed by atoms with Gasteiger partial charge in [-0.05, 0) is 45.6 Å². The SMILES string of the molecule is CCCC(CCc1ccccc1)Nc1nc(NC(=O)CC(C)=O)nc(C(C)(C)F)n1. The second-order valence-electron chi connectivity index (χ2n) is 7.86. The first kappa shape index (κ1) is 23.4. The monoisotopic (exact) mass is 415 g/mol. The average Bonchev–Trinajstić information content (AvgIpc) is 2.65. The van der Waals surface area contributed by atoms with Gasteiger partial charge in [-0.1, -0.05) is 43.7 Å². The second-order valence-corrected chi connectivity index (χ2v) is 7.86. The molecule has 0 radical (unpaired) electrons. The van der Waals surface area contributed by atoms with Gasteiger partial charge in [0.25, 0.3) is 0 Å². The number of aromatic nitrogens is 3. The van der Waals surface area contributed by atoms with E-state index in [0.29, 0.717) is 0 Å². The van der Waals surface area contributed by atoms with Crippen LogP contribution < -0.4 is 10.6 Å². The second kappa shape index (κ2) is 10.8. The molecule has 0 spiro atoms. The highest BCUT2D eigenvalue weighted by molar-refractivity contribution is 6.02. The number of rotatable bonds is 11. The Hall–Kier alpha value is -2.90. The highest BCUT2D eigenvalue weighted by atomic mass is 19.1. The smallest absolute Gasteiger partial charge is 0.234 e. The van der Waals surface area contributed by atoms with E-state index in [2.05, 4.69) is 44.6 Å². The summed E-state index contributed by atoms with van der Waals surface area (Å²) in [5, 5.41) is 5.73. The Balaban J connectivity index is 2.20. The van der Waals surface area contributed by atoms with Crippen molar-refractivity contribution in [1.82, 2.24) is 15.0 Å². The molecule has 162 valence electrons. The van der Waals surface area contributed by atoms with Gasteiger partial charge in [0, 0.05) is 6.04 Å². The number of nitrogens with zero attached hydrogens (tertiary/aromatic N) is 3. The van der Waals surface area contributed by atoms with E-state index in [1.807, 2.05) is 18.2 Å². The minimum absolute atomic E-state index is 0.0715. The summed E-state index contributed by atoms with van der Waals surface area (Å²) in [4.78, 5) is 35.6. The van der Waals surface area contributed by atoms with Crippen LogP contribution in [0.1, 0.15) is 64.8 Å². The zero-order valence-electron chi connectivity index (χ0n) is 18.0. The van der Waals surface area contributed by atoms with Crippen molar-refractivity contribution in [2.45, 2.75) is 71.5 Å². The first-order valence-electron chi connectivity index (χ1n) is 10.2. The summed E-state index contributed by atoms with van der Waals surface area (Å²) in [6.45, 7) is 6.09. The number of benzene rings is 1. The van der Waals surface area contributed by atoms with Crippen molar-refractivity contribution in [1.29, 1.82) is 0 Å². The molecule has 7 nitrogen and oxygen atoms in total. The summed E-state index contributed by atoms with van der Waals surface area (Å²) in [6.07, 6.45) is 3.29. The van der Waals surface area contributed by atoms with Crippen LogP contribution in [-0.4, -0.2) is 32.7 Å². The summed E-state index contributed by atoms with van der Waals surface area (Å²) in [5.41, 5.74) is -0.581. The van der Waals surface area contributed by atoms with Gasteiger partial charge in [-0.2, -0.15) is 15.0 Å². The Morgan fingerprint density at radius 1 is 1.07 bits per heavy atom. The van der Waals surface area contributed by atoms with Gasteiger partial charge in [-0.15, -0.1) is 0 Å². The molecule has 2 rings (SSSR count). The Labute approximate surface area is 176 Å². The summed E-state index contributed by atoms with van der Waals surface area (Å²) in [6, 6.07) is 10.2. The molecule has 2 aromatic rings. The van der Waals surface area contributed by atoms with Crippen LogP contribution in [0.4, 0.5) is 16.3 Å². The number of hydrogen-bond acceptors (Lipinski definition) is 6. The molecule has 30 heavy (non-hydrogen) atoms. The summed E-state index contributed by atoms with van der Waals surface area (Å²) in [5.74, 6) is -0.782. The highest BCUT2D eigenvalue weighted by Gasteiger charge is 2.25. The van der Waals surface area contributed by atoms with Crippen LogP contribution in [0.25, 0.3) is 0 Å². The van der Waals surface area contributed by atoms with Gasteiger partial charge >= 0.3 is 0 Å². The molecule has 0 aliphatic carbocycles. The lowest BCUT2D eigenvalue weighted by Crippen LogP contribution is -2.25. The van der Waals surface area contributed by atoms with Crippen LogP contribution in [0.3, 0.4) is 0 Å². The standard InChI is InChI=1S/C22H30FN5O2/c1-5-9-17(13-12-16-10-7-6-8-11-16)24-20-26-19(22(3,4)23)27-21(28-20)25-18(30)14-15(2)29/h6-8,10-11,17H,5,9,12-14H2,1-4H3,(H2,24,25,26,27,28,30). The number of Topliss-reactive ketones (excluding diaryl/α,β-unsaturated/α-hetero) is 1. The lowest BCUT2D eigenvalue weighted by Gasteiger charge is -2.20. The molecular formula is C22H30FN5O2. The molecule has 0 fully saturated rings. The Morgan fingerprint density at radius 2 is 1.73 bits per heavy atom. The molecule has 1 atom stereocenters. The fourth-order valence-electron chi connectivity index (χ4n) is 2.96. The van der Waals surface area contributed by atoms with Crippen molar-refractivity contribution in [2.24, 2.45) is 0 Å². The molecule has 1 unspecified atom stereocenters. The number of anilines is 2. The van der Waals surface area contributed by atoms with E-state index >= 15 is 0 Å². The third-order valence-corrected chi connectivity index (χ3v) is 4.42. The van der Waals surface area contributed by atoms with Crippen LogP contribution >= 0.6 is 0 Å². The predicted molar refractivity (Wildman–Crippen MR) is 115 cm³/mol. The lowest BCUT2D eigenvalue weighted by atomic mass is 10.0. The van der Waals surface area contributed by atoms with Crippen molar-refractivity contribution in [3.63, 3.8) is 0 Å². The molecule has 0 saturated heterocycles. The average molecular weight is 416 g/mol. The molecule has 8 heteroatoms. The molecule has 1 aromatic carbocycles. The fraction of sp³-hybridized carbons (Fsp3) is 0.500. The number of halogens is 1. The van der Waals surface area contributed by atoms with Crippen LogP contribution in [0.2, 0.25) is 0 Å². The minimum Gasteiger partial charge on any atom is -0.351 e. The van der Waals surface area contributed by atoms with Gasteiger partial charge < -0.3 is 5.32 Å². The van der Waals surface area contributed by atoms with Crippen LogP contribution in [-0.2, 0) is 21.7 Å². The van der Waals surface area contributed by atoms with E-state index in [-0.39, 0.29) is 36.0 Å². The van der Waals surface area contributed by atoms with E-state index in [9.17, 15) is 14.0 Å². The number of hydrogen-bond donors (Lipinski definition) is 2. The summed E-state index contributed by atoms with van der Waals surface area (Å²) >= 11 is 0. The van der Waals surface area contributed by atoms with Crippen LogP contribution in [0.15, 0.2) is 30.3 Å². The predicted octanol–water partition coefficient (Wildman–Crippen LogP) is 4.21. The van der Waals surface area contributed by atoms with Crippen molar-refractivity contribution in [3.05, 3.63) is 41.7 Å². The van der Waals surface area contributed by atoms with Gasteiger partial charge in [0.2, 0.25) is 17.8 Å². The largest absolute Gasteiger partial charge is 0.351 e. The number of ketones is 1. The lowest BCUT2D eigenvalue weighted by molar-refractivity contribution is -0.124. The van der Waals surface area contributed by atoms with Crippen LogP contribution in [0, 0.1) is 0 Å². The van der Waals surface area contributed by atoms with E-state index < -0.39 is 11.6 Å². The van der Waals surface area contributed by atoms with Gasteiger partial charge in [-0.3, -0.25) is 14.9 Å². The van der Waals surface area contributed by atoms with Crippen LogP contribution in [0.5, 0.6) is 0 Å². The third kappa shape index (κ3) is 7.85. The Bertz CT molecular complexity index is 852. The zero-order chi connectivity index (χ0) is 22.1. The quantitative estimate of drug-likeness (QED) is 0.534. The number of carbonyl (C=O) groups is 2. The van der Waals surface area contributed by atoms with E-state index in [1.54, 1.807) is 0 Å². The third-order valence-electron chi connectivity index (χ3n) is 4.42. The van der Waals surface area contributed by atoms with Gasteiger partial charge in [0.15, 0.2) is 11.5 Å². The molecule has 0 aliphatic rings. The van der Waals surface area contributed by atoms with E-state index in [4.69, 9.17) is 0 Å². The normalized spacial score (nSPS) is 12.3. The van der Waals surface area contributed by atoms with Crippen molar-refractivity contribution >= 4 is 23.6 Å². The maximum absolute atomic E-state index is 14.5. The number of amides is 1. The molecule has 2 N–H and O–H groups in total. The molecule has 0 bridgehead atoms. The molecule has 1 aromatic heterocycles. The zero-order valence-corrected chi connectivity index (χ0v) is 18.0. The van der Waals surface area contributed by atoms with Gasteiger partial charge in [0.1, 0.15) is 5.78 Å². The Kier molecular flexibility index (Phi) is 8.38. The van der Waals surface area contributed by atoms with Crippen molar-refractivity contribution in [2.75, 3.05) is 10.6 Å². The molecular weight excluding hydrogens is 385 g/mol. The highest BCUT2D eigenvalue weighted by Crippen LogP contribution is 2.23. The van der Waals surface area contributed by atoms with E-state index in [0.717, 1.165) is 25.7 Å². The van der Waals surface area contributed by atoms with Crippen molar-refractivity contribution < 1.29 is 14.0 Å². The summed E-state index contributed by atoms with van der Waals surface area (Å²) in [7, 11) is 0. The first-order valence-corrected chi connectivity index (χ1v) is 10.2. The minimum atomic E-state index is -1.82. The topological polar surface area (TPSA) is 96.9 Å². The fourth-order valence-corrected chi connectivity index (χ4v) is 2.96. The molecule has 0 saturated carbocycles. The molecule has 1 heterocycles. The number of nitrogens with one attached hydrogen (secondary N) is 2. The van der Waals surface area contributed by atoms with E-state index in [1.165, 1.54) is 26.3 Å². The number of carbonyl (C=O) groups excluding carboxylic acids is 2. The number of alkyl halides is 1. The molecule has 1 amide bonds. The van der Waals surface area contributed by atoms with Crippen molar-refractivity contribution in [3.8, 4) is 0 Å². The maximum atomic E-state index is 14.5. The Morgan fingerprint density at radius 3 is 2.33 bits per heavy atom. The van der Waals surface area contributed by atoms with Gasteiger partial charge in [-0.25, -0.2) is 4.39 Å².